The van der Waals surface area contributed by atoms with Crippen molar-refractivity contribution in [2.75, 3.05) is 5.75 Å². The fraction of sp³-hybridized carbons (Fsp3) is 0.722. The molecule has 1 aliphatic rings. The molecule has 0 aliphatic heterocycles. The van der Waals surface area contributed by atoms with Crippen LogP contribution in [0.25, 0.3) is 0 Å². The van der Waals surface area contributed by atoms with Gasteiger partial charge in [0, 0.05) is 12.0 Å². The number of thioether (sulfide) groups is 1. The van der Waals surface area contributed by atoms with Crippen LogP contribution in [0, 0.1) is 11.8 Å². The molecule has 2 N–H and O–H groups in total. The molecule has 0 aromatic heterocycles. The Hall–Kier alpha value is -1.34. The Morgan fingerprint density at radius 3 is 2.40 bits per heavy atom. The zero-order valence-corrected chi connectivity index (χ0v) is 15.7. The van der Waals surface area contributed by atoms with Gasteiger partial charge in [-0.15, -0.1) is 11.8 Å². The number of carbonyl (C=O) groups is 3. The molecular weight excluding hydrogens is 344 g/mol. The molecule has 0 saturated heterocycles. The lowest BCUT2D eigenvalue weighted by Gasteiger charge is -2.23. The Bertz CT molecular complexity index is 482. The summed E-state index contributed by atoms with van der Waals surface area (Å²) in [4.78, 5) is 34.6. The van der Waals surface area contributed by atoms with Gasteiger partial charge in [-0.25, -0.2) is 4.79 Å². The summed E-state index contributed by atoms with van der Waals surface area (Å²) in [6.45, 7) is 3.31. The number of hydrogen-bond donors (Lipinski definition) is 2. The van der Waals surface area contributed by atoms with Crippen molar-refractivity contribution in [3.8, 4) is 0 Å². The van der Waals surface area contributed by atoms with E-state index in [9.17, 15) is 19.5 Å². The summed E-state index contributed by atoms with van der Waals surface area (Å²) in [6, 6.07) is 0. The summed E-state index contributed by atoms with van der Waals surface area (Å²) in [7, 11) is 0. The minimum atomic E-state index is -1.10. The van der Waals surface area contributed by atoms with Crippen molar-refractivity contribution in [2.45, 2.75) is 64.6 Å². The molecule has 0 unspecified atom stereocenters. The summed E-state index contributed by atoms with van der Waals surface area (Å²) in [6.07, 6.45) is 6.33. The van der Waals surface area contributed by atoms with Crippen LogP contribution in [-0.2, 0) is 19.1 Å². The van der Waals surface area contributed by atoms with Crippen LogP contribution in [0.4, 0.5) is 0 Å². The highest BCUT2D eigenvalue weighted by molar-refractivity contribution is 8.03. The lowest BCUT2D eigenvalue weighted by atomic mass is 9.92. The predicted octanol–water partition coefficient (Wildman–Crippen LogP) is 2.79. The lowest BCUT2D eigenvalue weighted by molar-refractivity contribution is -0.147. The first-order chi connectivity index (χ1) is 11.8. The molecule has 3 atom stereocenters. The zero-order valence-electron chi connectivity index (χ0n) is 14.8. The van der Waals surface area contributed by atoms with Crippen molar-refractivity contribution in [3.63, 3.8) is 0 Å². The van der Waals surface area contributed by atoms with Crippen molar-refractivity contribution in [1.82, 2.24) is 0 Å². The van der Waals surface area contributed by atoms with E-state index >= 15 is 0 Å². The lowest BCUT2D eigenvalue weighted by Crippen LogP contribution is -2.23. The number of aliphatic hydroxyl groups excluding tert-OH is 1. The molecule has 0 aromatic carbocycles. The van der Waals surface area contributed by atoms with Crippen LogP contribution < -0.4 is 0 Å². The second-order valence-corrected chi connectivity index (χ2v) is 7.65. The number of aliphatic carboxylic acids is 1. The van der Waals surface area contributed by atoms with Crippen molar-refractivity contribution in [2.24, 2.45) is 11.8 Å². The monoisotopic (exact) mass is 372 g/mol. The van der Waals surface area contributed by atoms with Crippen LogP contribution in [0.1, 0.15) is 52.4 Å². The van der Waals surface area contributed by atoms with E-state index in [1.54, 1.807) is 6.92 Å². The van der Waals surface area contributed by atoms with Crippen LogP contribution in [0.15, 0.2) is 11.0 Å². The summed E-state index contributed by atoms with van der Waals surface area (Å²) in [5, 5.41) is 18.6. The molecule has 1 aliphatic carbocycles. The molecule has 142 valence electrons. The van der Waals surface area contributed by atoms with E-state index < -0.39 is 18.0 Å². The Morgan fingerprint density at radius 1 is 1.24 bits per heavy atom. The summed E-state index contributed by atoms with van der Waals surface area (Å²) < 4.78 is 5.44. The highest BCUT2D eigenvalue weighted by Crippen LogP contribution is 2.30. The predicted molar refractivity (Wildman–Crippen MR) is 96.2 cm³/mol. The molecule has 0 aromatic rings. The highest BCUT2D eigenvalue weighted by atomic mass is 32.2. The molecule has 7 heteroatoms. The van der Waals surface area contributed by atoms with Crippen LogP contribution in [0.5, 0.6) is 0 Å². The minimum Gasteiger partial charge on any atom is -0.478 e. The van der Waals surface area contributed by atoms with Crippen molar-refractivity contribution in [1.29, 1.82) is 0 Å². The summed E-state index contributed by atoms with van der Waals surface area (Å²) in [5.41, 5.74) is 0. The van der Waals surface area contributed by atoms with E-state index in [2.05, 4.69) is 0 Å². The van der Waals surface area contributed by atoms with Gasteiger partial charge in [-0.2, -0.15) is 0 Å². The fourth-order valence-corrected chi connectivity index (χ4v) is 3.80. The van der Waals surface area contributed by atoms with Crippen molar-refractivity contribution in [3.05, 3.63) is 11.0 Å². The Morgan fingerprint density at radius 2 is 1.88 bits per heavy atom. The smallest absolute Gasteiger partial charge is 0.329 e. The number of ether oxygens (including phenoxy) is 1. The van der Waals surface area contributed by atoms with Gasteiger partial charge in [-0.1, -0.05) is 13.3 Å². The summed E-state index contributed by atoms with van der Waals surface area (Å²) in [5.74, 6) is -2.23. The van der Waals surface area contributed by atoms with Gasteiger partial charge >= 0.3 is 11.9 Å². The third kappa shape index (κ3) is 8.54. The van der Waals surface area contributed by atoms with E-state index in [-0.39, 0.29) is 23.7 Å². The first kappa shape index (κ1) is 21.7. The van der Waals surface area contributed by atoms with Gasteiger partial charge in [0.1, 0.15) is 12.4 Å². The first-order valence-corrected chi connectivity index (χ1v) is 9.72. The topological polar surface area (TPSA) is 101 Å². The van der Waals surface area contributed by atoms with Gasteiger partial charge in [0.25, 0.3) is 0 Å². The molecule has 0 amide bonds. The van der Waals surface area contributed by atoms with Crippen LogP contribution in [0.3, 0.4) is 0 Å². The van der Waals surface area contributed by atoms with Gasteiger partial charge in [-0.05, 0) is 49.9 Å². The van der Waals surface area contributed by atoms with Gasteiger partial charge in [0.15, 0.2) is 0 Å². The SMILES string of the molecule is C[C@H](C[C@H](C=O)[C@@H](C)O)/C(=C/C(=O)O)SCC(=O)OC1CCCCC1. The average molecular weight is 372 g/mol. The van der Waals surface area contributed by atoms with Gasteiger partial charge in [0.2, 0.25) is 0 Å². The third-order valence-electron chi connectivity index (χ3n) is 4.38. The van der Waals surface area contributed by atoms with E-state index in [0.717, 1.165) is 43.5 Å². The minimum absolute atomic E-state index is 0.0270. The van der Waals surface area contributed by atoms with Crippen LogP contribution in [0.2, 0.25) is 0 Å². The van der Waals surface area contributed by atoms with Gasteiger partial charge in [0.05, 0.1) is 11.9 Å². The normalized spacial score (nSPS) is 19.7. The Kier molecular flexibility index (Phi) is 9.82. The quantitative estimate of drug-likeness (QED) is 0.345. The molecule has 0 radical (unpaired) electrons. The molecule has 0 heterocycles. The molecule has 6 nitrogen and oxygen atoms in total. The number of aliphatic hydroxyl groups is 1. The average Bonchev–Trinajstić information content (AvgIpc) is 2.56. The number of allylic oxidation sites excluding steroid dienone is 1. The number of carboxylic acid groups (broad SMARTS) is 1. The number of carbonyl (C=O) groups excluding carboxylic acids is 2. The standard InChI is InChI=1S/C18H28O6S/c1-12(8-14(10-19)13(2)20)16(9-17(21)22)25-11-18(23)24-15-6-4-3-5-7-15/h9-10,12-15,20H,3-8,11H2,1-2H3,(H,21,22)/b16-9-/t12-,13-,14-/m1/s1. The Balaban J connectivity index is 2.58. The number of esters is 1. The highest BCUT2D eigenvalue weighted by Gasteiger charge is 2.23. The van der Waals surface area contributed by atoms with Crippen molar-refractivity contribution < 1.29 is 29.3 Å². The summed E-state index contributed by atoms with van der Waals surface area (Å²) >= 11 is 1.13. The Labute approximate surface area is 153 Å². The van der Waals surface area contributed by atoms with Crippen LogP contribution >= 0.6 is 11.8 Å². The second-order valence-electron chi connectivity index (χ2n) is 6.60. The maximum absolute atomic E-state index is 12.0. The van der Waals surface area contributed by atoms with E-state index in [1.807, 2.05) is 0 Å². The second kappa shape index (κ2) is 11.3. The largest absolute Gasteiger partial charge is 0.478 e. The van der Waals surface area contributed by atoms with E-state index in [4.69, 9.17) is 9.84 Å². The number of hydrogen-bond acceptors (Lipinski definition) is 6. The molecule has 0 bridgehead atoms. The number of aldehydes is 1. The van der Waals surface area contributed by atoms with Gasteiger partial charge < -0.3 is 19.7 Å². The van der Waals surface area contributed by atoms with Crippen LogP contribution in [-0.4, -0.2) is 46.4 Å². The fourth-order valence-electron chi connectivity index (χ4n) is 2.88. The zero-order chi connectivity index (χ0) is 18.8. The molecule has 1 saturated carbocycles. The van der Waals surface area contributed by atoms with Gasteiger partial charge in [-0.3, -0.25) is 4.79 Å². The molecular formula is C18H28O6S. The molecule has 1 fully saturated rings. The maximum Gasteiger partial charge on any atom is 0.329 e. The first-order valence-electron chi connectivity index (χ1n) is 8.73. The molecule has 25 heavy (non-hydrogen) atoms. The number of carboxylic acids is 1. The van der Waals surface area contributed by atoms with E-state index in [0.29, 0.717) is 17.6 Å². The third-order valence-corrected chi connectivity index (χ3v) is 5.61. The molecule has 1 rings (SSSR count). The molecule has 0 spiro atoms. The van der Waals surface area contributed by atoms with E-state index in [1.165, 1.54) is 13.3 Å². The van der Waals surface area contributed by atoms with Crippen molar-refractivity contribution >= 4 is 30.0 Å². The number of rotatable bonds is 10. The maximum atomic E-state index is 12.0.